The van der Waals surface area contributed by atoms with Crippen LogP contribution in [-0.2, 0) is 6.18 Å². The predicted octanol–water partition coefficient (Wildman–Crippen LogP) is 4.25. The summed E-state index contributed by atoms with van der Waals surface area (Å²) in [6.45, 7) is 4.10. The number of thioether (sulfide) groups is 1. The van der Waals surface area contributed by atoms with Crippen molar-refractivity contribution in [3.63, 3.8) is 0 Å². The van der Waals surface area contributed by atoms with Crippen LogP contribution in [-0.4, -0.2) is 17.0 Å². The number of benzene rings is 1. The van der Waals surface area contributed by atoms with Crippen molar-refractivity contribution in [2.45, 2.75) is 43.8 Å². The van der Waals surface area contributed by atoms with Crippen LogP contribution in [0.2, 0.25) is 0 Å². The second-order valence-corrected chi connectivity index (χ2v) is 6.56. The second kappa shape index (κ2) is 5.75. The molecule has 3 atom stereocenters. The molecule has 1 aliphatic heterocycles. The monoisotopic (exact) mass is 289 g/mol. The van der Waals surface area contributed by atoms with Gasteiger partial charge < -0.3 is 5.32 Å². The average Bonchev–Trinajstić information content (AvgIpc) is 2.74. The van der Waals surface area contributed by atoms with Crippen molar-refractivity contribution in [2.24, 2.45) is 0 Å². The van der Waals surface area contributed by atoms with Gasteiger partial charge in [0, 0.05) is 23.1 Å². The molecular formula is C14H18F3NS. The van der Waals surface area contributed by atoms with E-state index >= 15 is 0 Å². The Morgan fingerprint density at radius 1 is 1.37 bits per heavy atom. The lowest BCUT2D eigenvalue weighted by Gasteiger charge is -2.20. The minimum atomic E-state index is -4.27. The van der Waals surface area contributed by atoms with Crippen LogP contribution in [0.25, 0.3) is 0 Å². The lowest BCUT2D eigenvalue weighted by atomic mass is 10.0. The molecule has 0 saturated carbocycles. The highest BCUT2D eigenvalue weighted by molar-refractivity contribution is 8.00. The van der Waals surface area contributed by atoms with Crippen molar-refractivity contribution in [2.75, 3.05) is 5.75 Å². The smallest absolute Gasteiger partial charge is 0.307 e. The van der Waals surface area contributed by atoms with E-state index in [1.54, 1.807) is 6.07 Å². The zero-order valence-corrected chi connectivity index (χ0v) is 11.8. The molecule has 5 heteroatoms. The first kappa shape index (κ1) is 14.7. The number of alkyl halides is 3. The van der Waals surface area contributed by atoms with Gasteiger partial charge in [0.2, 0.25) is 0 Å². The van der Waals surface area contributed by atoms with E-state index in [0.29, 0.717) is 16.9 Å². The summed E-state index contributed by atoms with van der Waals surface area (Å²) in [6.07, 6.45) is -3.19. The molecule has 1 fully saturated rings. The van der Waals surface area contributed by atoms with Crippen LogP contribution in [0, 0.1) is 0 Å². The quantitative estimate of drug-likeness (QED) is 0.892. The van der Waals surface area contributed by atoms with Crippen LogP contribution in [0.3, 0.4) is 0 Å². The molecule has 0 radical (unpaired) electrons. The summed E-state index contributed by atoms with van der Waals surface area (Å²) in [5.74, 6) is 1.03. The van der Waals surface area contributed by atoms with E-state index in [9.17, 15) is 13.2 Å². The molecule has 0 amide bonds. The summed E-state index contributed by atoms with van der Waals surface area (Å²) in [5.41, 5.74) is 0.118. The maximum Gasteiger partial charge on any atom is 0.416 e. The molecule has 1 aromatic rings. The third kappa shape index (κ3) is 3.89. The molecule has 1 aromatic carbocycles. The van der Waals surface area contributed by atoms with E-state index in [4.69, 9.17) is 0 Å². The van der Waals surface area contributed by atoms with Crippen LogP contribution in [0.1, 0.15) is 37.4 Å². The number of rotatable bonds is 3. The molecule has 1 heterocycles. The number of nitrogens with one attached hydrogen (secondary N) is 1. The van der Waals surface area contributed by atoms with E-state index in [1.807, 2.05) is 18.7 Å². The van der Waals surface area contributed by atoms with E-state index in [-0.39, 0.29) is 6.04 Å². The van der Waals surface area contributed by atoms with Gasteiger partial charge in [-0.3, -0.25) is 0 Å². The lowest BCUT2D eigenvalue weighted by molar-refractivity contribution is -0.137. The molecule has 19 heavy (non-hydrogen) atoms. The maximum atomic E-state index is 12.7. The molecule has 0 aromatic heterocycles. The summed E-state index contributed by atoms with van der Waals surface area (Å²) in [7, 11) is 0. The van der Waals surface area contributed by atoms with Gasteiger partial charge in [-0.25, -0.2) is 0 Å². The third-order valence-electron chi connectivity index (χ3n) is 3.40. The standard InChI is InChI=1S/C14H18F3NS/c1-9-6-13(8-19-9)18-10(2)11-4-3-5-12(7-11)14(15,16)17/h3-5,7,9-10,13,18H,6,8H2,1-2H3. The van der Waals surface area contributed by atoms with Crippen molar-refractivity contribution in [3.8, 4) is 0 Å². The Morgan fingerprint density at radius 3 is 2.68 bits per heavy atom. The van der Waals surface area contributed by atoms with Crippen molar-refractivity contribution >= 4 is 11.8 Å². The molecule has 3 unspecified atom stereocenters. The molecule has 0 spiro atoms. The highest BCUT2D eigenvalue weighted by atomic mass is 32.2. The van der Waals surface area contributed by atoms with Gasteiger partial charge in [-0.05, 0) is 31.0 Å². The fraction of sp³-hybridized carbons (Fsp3) is 0.571. The SMILES string of the molecule is CC1CC(NC(C)c2cccc(C(F)(F)F)c2)CS1. The maximum absolute atomic E-state index is 12.7. The van der Waals surface area contributed by atoms with Gasteiger partial charge in [-0.1, -0.05) is 19.1 Å². The Hall–Kier alpha value is -0.680. The van der Waals surface area contributed by atoms with Crippen molar-refractivity contribution in [1.29, 1.82) is 0 Å². The first-order valence-electron chi connectivity index (χ1n) is 6.41. The molecular weight excluding hydrogens is 271 g/mol. The summed E-state index contributed by atoms with van der Waals surface area (Å²) in [4.78, 5) is 0. The lowest BCUT2D eigenvalue weighted by Crippen LogP contribution is -2.31. The summed E-state index contributed by atoms with van der Waals surface area (Å²) in [6, 6.07) is 5.91. The van der Waals surface area contributed by atoms with Gasteiger partial charge in [-0.15, -0.1) is 0 Å². The van der Waals surface area contributed by atoms with Gasteiger partial charge in [-0.2, -0.15) is 24.9 Å². The van der Waals surface area contributed by atoms with E-state index in [1.165, 1.54) is 12.1 Å². The number of halogens is 3. The van der Waals surface area contributed by atoms with Crippen molar-refractivity contribution < 1.29 is 13.2 Å². The van der Waals surface area contributed by atoms with Crippen molar-refractivity contribution in [3.05, 3.63) is 35.4 Å². The fourth-order valence-electron chi connectivity index (χ4n) is 2.37. The molecule has 1 aliphatic rings. The zero-order chi connectivity index (χ0) is 14.0. The highest BCUT2D eigenvalue weighted by Gasteiger charge is 2.31. The average molecular weight is 289 g/mol. The fourth-order valence-corrected chi connectivity index (χ4v) is 3.53. The second-order valence-electron chi connectivity index (χ2n) is 5.09. The number of hydrogen-bond acceptors (Lipinski definition) is 2. The Labute approximate surface area is 116 Å². The van der Waals surface area contributed by atoms with Gasteiger partial charge in [0.1, 0.15) is 0 Å². The van der Waals surface area contributed by atoms with E-state index in [0.717, 1.165) is 18.2 Å². The van der Waals surface area contributed by atoms with Crippen LogP contribution in [0.5, 0.6) is 0 Å². The first-order chi connectivity index (χ1) is 8.86. The zero-order valence-electron chi connectivity index (χ0n) is 11.0. The van der Waals surface area contributed by atoms with Crippen LogP contribution >= 0.6 is 11.8 Å². The third-order valence-corrected chi connectivity index (χ3v) is 4.75. The van der Waals surface area contributed by atoms with Crippen LogP contribution < -0.4 is 5.32 Å². The van der Waals surface area contributed by atoms with Gasteiger partial charge in [0.05, 0.1) is 5.56 Å². The Morgan fingerprint density at radius 2 is 2.11 bits per heavy atom. The molecule has 106 valence electrons. The highest BCUT2D eigenvalue weighted by Crippen LogP contribution is 2.32. The minimum Gasteiger partial charge on any atom is -0.307 e. The largest absolute Gasteiger partial charge is 0.416 e. The van der Waals surface area contributed by atoms with E-state index < -0.39 is 11.7 Å². The first-order valence-corrected chi connectivity index (χ1v) is 7.46. The Balaban J connectivity index is 2.05. The summed E-state index contributed by atoms with van der Waals surface area (Å²) >= 11 is 1.91. The van der Waals surface area contributed by atoms with E-state index in [2.05, 4.69) is 12.2 Å². The normalized spacial score (nSPS) is 25.5. The molecule has 0 aliphatic carbocycles. The Kier molecular flexibility index (Phi) is 4.46. The van der Waals surface area contributed by atoms with Crippen molar-refractivity contribution in [1.82, 2.24) is 5.32 Å². The minimum absolute atomic E-state index is 0.0572. The molecule has 1 N–H and O–H groups in total. The topological polar surface area (TPSA) is 12.0 Å². The molecule has 1 nitrogen and oxygen atoms in total. The Bertz CT molecular complexity index is 433. The molecule has 2 rings (SSSR count). The molecule has 1 saturated heterocycles. The van der Waals surface area contributed by atoms with Gasteiger partial charge in [0.25, 0.3) is 0 Å². The number of hydrogen-bond donors (Lipinski definition) is 1. The van der Waals surface area contributed by atoms with Gasteiger partial charge >= 0.3 is 6.18 Å². The van der Waals surface area contributed by atoms with Crippen LogP contribution in [0.4, 0.5) is 13.2 Å². The summed E-state index contributed by atoms with van der Waals surface area (Å²) in [5, 5.41) is 4.05. The van der Waals surface area contributed by atoms with Gasteiger partial charge in [0.15, 0.2) is 0 Å². The van der Waals surface area contributed by atoms with Crippen LogP contribution in [0.15, 0.2) is 24.3 Å². The molecule has 0 bridgehead atoms. The summed E-state index contributed by atoms with van der Waals surface area (Å²) < 4.78 is 38.0. The predicted molar refractivity (Wildman–Crippen MR) is 73.3 cm³/mol.